The Kier molecular flexibility index (Phi) is 5.79. The molecule has 0 N–H and O–H groups in total. The van der Waals surface area contributed by atoms with Gasteiger partial charge in [0.25, 0.3) is 0 Å². The van der Waals surface area contributed by atoms with Gasteiger partial charge in [-0.05, 0) is 87.7 Å². The van der Waals surface area contributed by atoms with Crippen LogP contribution in [0.1, 0.15) is 94.4 Å². The zero-order valence-electron chi connectivity index (χ0n) is 25.2. The van der Waals surface area contributed by atoms with E-state index in [1.807, 2.05) is 0 Å². The highest BCUT2D eigenvalue weighted by molar-refractivity contribution is 6.16. The zero-order chi connectivity index (χ0) is 27.9. The van der Waals surface area contributed by atoms with E-state index in [0.717, 1.165) is 17.9 Å². The highest BCUT2D eigenvalue weighted by atomic mass is 16.5. The molecule has 1 saturated carbocycles. The Morgan fingerprint density at radius 1 is 0.900 bits per heavy atom. The molecule has 4 aromatic carbocycles. The van der Waals surface area contributed by atoms with Crippen LogP contribution in [0.3, 0.4) is 0 Å². The van der Waals surface area contributed by atoms with Gasteiger partial charge >= 0.3 is 0 Å². The smallest absolute Gasteiger partial charge is 0.228 e. The zero-order valence-corrected chi connectivity index (χ0v) is 25.2. The first-order valence-electron chi connectivity index (χ1n) is 15.3. The first kappa shape index (κ1) is 25.6. The van der Waals surface area contributed by atoms with E-state index in [1.165, 1.54) is 91.5 Å². The van der Waals surface area contributed by atoms with E-state index in [0.29, 0.717) is 11.8 Å². The summed E-state index contributed by atoms with van der Waals surface area (Å²) in [5, 5.41) is 7.84. The molecule has 2 nitrogen and oxygen atoms in total. The second-order valence-corrected chi connectivity index (χ2v) is 14.0. The van der Waals surface area contributed by atoms with Crippen LogP contribution in [-0.4, -0.2) is 0 Å². The first-order chi connectivity index (χ1) is 19.1. The van der Waals surface area contributed by atoms with Gasteiger partial charge in [0, 0.05) is 17.0 Å². The van der Waals surface area contributed by atoms with Gasteiger partial charge in [0.05, 0.1) is 10.9 Å². The Balaban J connectivity index is 1.57. The van der Waals surface area contributed by atoms with E-state index in [9.17, 15) is 0 Å². The average Bonchev–Trinajstić information content (AvgIpc) is 3.46. The standard InChI is InChI=1S/C38H42NO/c1-22(2)25-12-15-29-31(19-25)23(3)34-36-35-30(16-17-39(36)7)28-14-13-26(24-10-8-9-11-24)18-27(28)20-33(35)40-37(34)32(29)21-38(4,5)6/h12-20,22,24H,8-11,21H2,1-7H3/q+1. The topological polar surface area (TPSA) is 13.1 Å². The SMILES string of the molecule is Cc1c2c(c(CC(C)(C)C)c3ccc(C(C)C)cc13)Oc1cc3cc(C4CCCC4)ccc3c3cc[n+](C)c-2c13. The van der Waals surface area contributed by atoms with E-state index < -0.39 is 0 Å². The molecule has 1 fully saturated rings. The Morgan fingerprint density at radius 3 is 2.38 bits per heavy atom. The number of pyridine rings is 1. The largest absolute Gasteiger partial charge is 0.455 e. The quantitative estimate of drug-likeness (QED) is 0.164. The summed E-state index contributed by atoms with van der Waals surface area (Å²) >= 11 is 0. The molecule has 0 radical (unpaired) electrons. The minimum absolute atomic E-state index is 0.129. The molecule has 2 heteroatoms. The van der Waals surface area contributed by atoms with Crippen molar-refractivity contribution in [2.75, 3.05) is 0 Å². The fourth-order valence-electron chi connectivity index (χ4n) is 7.46. The van der Waals surface area contributed by atoms with Crippen molar-refractivity contribution >= 4 is 32.3 Å². The summed E-state index contributed by atoms with van der Waals surface area (Å²) in [6, 6.07) is 18.9. The summed E-state index contributed by atoms with van der Waals surface area (Å²) < 4.78 is 9.43. The van der Waals surface area contributed by atoms with Gasteiger partial charge < -0.3 is 4.74 Å². The fourth-order valence-corrected chi connectivity index (χ4v) is 7.46. The van der Waals surface area contributed by atoms with Crippen molar-refractivity contribution in [1.29, 1.82) is 0 Å². The Labute approximate surface area is 239 Å². The van der Waals surface area contributed by atoms with Crippen molar-refractivity contribution in [3.05, 3.63) is 77.0 Å². The van der Waals surface area contributed by atoms with Gasteiger partial charge in [0.2, 0.25) is 5.69 Å². The van der Waals surface area contributed by atoms with E-state index in [1.54, 1.807) is 0 Å². The number of fused-ring (bicyclic) bond motifs is 5. The molecule has 1 aliphatic heterocycles. The molecule has 1 aromatic heterocycles. The fraction of sp³-hybridized carbons (Fsp3) is 0.395. The molecular formula is C38H42NO+. The highest BCUT2D eigenvalue weighted by Gasteiger charge is 2.34. The van der Waals surface area contributed by atoms with Crippen LogP contribution in [0.15, 0.2) is 54.7 Å². The van der Waals surface area contributed by atoms with Gasteiger partial charge in [-0.3, -0.25) is 0 Å². The first-order valence-corrected chi connectivity index (χ1v) is 15.3. The monoisotopic (exact) mass is 528 g/mol. The maximum Gasteiger partial charge on any atom is 0.228 e. The molecule has 2 aliphatic rings. The van der Waals surface area contributed by atoms with Crippen molar-refractivity contribution in [2.45, 2.75) is 85.5 Å². The number of rotatable bonds is 3. The molecule has 0 saturated heterocycles. The van der Waals surface area contributed by atoms with Crippen LogP contribution in [0.25, 0.3) is 43.6 Å². The predicted octanol–water partition coefficient (Wildman–Crippen LogP) is 10.4. The van der Waals surface area contributed by atoms with Gasteiger partial charge in [0.1, 0.15) is 18.5 Å². The number of benzene rings is 4. The van der Waals surface area contributed by atoms with E-state index in [4.69, 9.17) is 4.74 Å². The molecular weight excluding hydrogens is 486 g/mol. The summed E-state index contributed by atoms with van der Waals surface area (Å²) in [5.41, 5.74) is 8.20. The number of aromatic nitrogens is 1. The van der Waals surface area contributed by atoms with Gasteiger partial charge in [-0.2, -0.15) is 0 Å². The van der Waals surface area contributed by atoms with Crippen LogP contribution in [-0.2, 0) is 13.5 Å². The van der Waals surface area contributed by atoms with E-state index >= 15 is 0 Å². The van der Waals surface area contributed by atoms with Crippen LogP contribution in [0.2, 0.25) is 0 Å². The van der Waals surface area contributed by atoms with Gasteiger partial charge in [-0.1, -0.05) is 83.9 Å². The summed E-state index contributed by atoms with van der Waals surface area (Å²) in [6.07, 6.45) is 8.55. The average molecular weight is 529 g/mol. The second-order valence-electron chi connectivity index (χ2n) is 14.0. The molecule has 1 aliphatic carbocycles. The lowest BCUT2D eigenvalue weighted by molar-refractivity contribution is -0.659. The van der Waals surface area contributed by atoms with Crippen LogP contribution in [0.4, 0.5) is 0 Å². The summed E-state index contributed by atoms with van der Waals surface area (Å²) in [7, 11) is 2.19. The minimum Gasteiger partial charge on any atom is -0.455 e. The third-order valence-electron chi connectivity index (χ3n) is 9.52. The van der Waals surface area contributed by atoms with Crippen LogP contribution < -0.4 is 9.30 Å². The van der Waals surface area contributed by atoms with Crippen molar-refractivity contribution in [3.63, 3.8) is 0 Å². The van der Waals surface area contributed by atoms with Crippen LogP contribution in [0, 0.1) is 12.3 Å². The number of hydrogen-bond donors (Lipinski definition) is 0. The third kappa shape index (κ3) is 3.94. The lowest BCUT2D eigenvalue weighted by atomic mass is 9.81. The molecule has 0 unspecified atom stereocenters. The van der Waals surface area contributed by atoms with Crippen LogP contribution >= 0.6 is 0 Å². The molecule has 0 amide bonds. The van der Waals surface area contributed by atoms with Crippen molar-refractivity contribution in [1.82, 2.24) is 0 Å². The van der Waals surface area contributed by atoms with Gasteiger partial charge in [-0.15, -0.1) is 0 Å². The van der Waals surface area contributed by atoms with Crippen LogP contribution in [0.5, 0.6) is 11.5 Å². The molecule has 7 rings (SSSR count). The van der Waals surface area contributed by atoms with Gasteiger partial charge in [-0.25, -0.2) is 4.57 Å². The van der Waals surface area contributed by atoms with Gasteiger partial charge in [0.15, 0.2) is 6.20 Å². The van der Waals surface area contributed by atoms with E-state index in [2.05, 4.69) is 108 Å². The summed E-state index contributed by atoms with van der Waals surface area (Å²) in [4.78, 5) is 0. The number of ether oxygens (including phenoxy) is 1. The highest BCUT2D eigenvalue weighted by Crippen LogP contribution is 2.53. The number of aryl methyl sites for hydroxylation is 2. The summed E-state index contributed by atoms with van der Waals surface area (Å²) in [5.74, 6) is 3.24. The van der Waals surface area contributed by atoms with Crippen molar-refractivity contribution in [3.8, 4) is 22.8 Å². The molecule has 40 heavy (non-hydrogen) atoms. The summed E-state index contributed by atoms with van der Waals surface area (Å²) in [6.45, 7) is 13.9. The number of hydrogen-bond acceptors (Lipinski definition) is 1. The van der Waals surface area contributed by atoms with Crippen molar-refractivity contribution in [2.24, 2.45) is 12.5 Å². The molecule has 0 atom stereocenters. The Morgan fingerprint density at radius 2 is 1.65 bits per heavy atom. The predicted molar refractivity (Wildman–Crippen MR) is 169 cm³/mol. The third-order valence-corrected chi connectivity index (χ3v) is 9.52. The Hall–Kier alpha value is -3.39. The lowest BCUT2D eigenvalue weighted by Crippen LogP contribution is -2.32. The lowest BCUT2D eigenvalue weighted by Gasteiger charge is -2.28. The van der Waals surface area contributed by atoms with E-state index in [-0.39, 0.29) is 5.41 Å². The normalized spacial score (nSPS) is 15.4. The molecule has 204 valence electrons. The molecule has 0 spiro atoms. The molecule has 2 heterocycles. The minimum atomic E-state index is 0.129. The second kappa shape index (κ2) is 9.06. The maximum atomic E-state index is 7.11. The van der Waals surface area contributed by atoms with Crippen molar-refractivity contribution < 1.29 is 9.30 Å². The maximum absolute atomic E-state index is 7.11. The molecule has 0 bridgehead atoms. The molecule has 5 aromatic rings. The Bertz CT molecular complexity index is 1830. The number of nitrogens with zero attached hydrogens (tertiary/aromatic N) is 1.